The van der Waals surface area contributed by atoms with E-state index in [1.54, 1.807) is 0 Å². The summed E-state index contributed by atoms with van der Waals surface area (Å²) in [6, 6.07) is 13.9. The second kappa shape index (κ2) is 8.29. The van der Waals surface area contributed by atoms with Crippen molar-refractivity contribution in [1.29, 1.82) is 0 Å². The first-order valence-corrected chi connectivity index (χ1v) is 8.29. The van der Waals surface area contributed by atoms with Crippen LogP contribution in [0.2, 0.25) is 0 Å². The molecule has 0 radical (unpaired) electrons. The molecule has 0 amide bonds. The zero-order chi connectivity index (χ0) is 17.5. The van der Waals surface area contributed by atoms with Gasteiger partial charge in [-0.15, -0.1) is 0 Å². The van der Waals surface area contributed by atoms with Crippen molar-refractivity contribution >= 4 is 28.2 Å². The van der Waals surface area contributed by atoms with Crippen molar-refractivity contribution in [2.24, 2.45) is 0 Å². The SMILES string of the molecule is CCCN(CCC)/C(=C\C(=O)C(=O)O)c1ccc2ccccc2c1. The van der Waals surface area contributed by atoms with E-state index in [2.05, 4.69) is 18.7 Å². The average molecular weight is 325 g/mol. The standard InChI is InChI=1S/C20H23NO3/c1-3-11-21(12-4-2)18(14-19(22)20(23)24)17-10-9-15-7-5-6-8-16(15)13-17/h5-10,13-14H,3-4,11-12H2,1-2H3,(H,23,24)/b18-14-. The molecule has 0 atom stereocenters. The number of hydrogen-bond donors (Lipinski definition) is 1. The molecule has 0 spiro atoms. The monoisotopic (exact) mass is 325 g/mol. The summed E-state index contributed by atoms with van der Waals surface area (Å²) in [5, 5.41) is 11.2. The molecule has 0 fully saturated rings. The summed E-state index contributed by atoms with van der Waals surface area (Å²) in [7, 11) is 0. The number of fused-ring (bicyclic) bond motifs is 1. The van der Waals surface area contributed by atoms with Gasteiger partial charge in [0.2, 0.25) is 0 Å². The van der Waals surface area contributed by atoms with E-state index in [4.69, 9.17) is 5.11 Å². The van der Waals surface area contributed by atoms with Crippen LogP contribution < -0.4 is 0 Å². The number of rotatable bonds is 8. The van der Waals surface area contributed by atoms with E-state index in [1.165, 1.54) is 6.08 Å². The predicted octanol–water partition coefficient (Wildman–Crippen LogP) is 3.96. The highest BCUT2D eigenvalue weighted by atomic mass is 16.4. The van der Waals surface area contributed by atoms with Crippen molar-refractivity contribution in [2.75, 3.05) is 13.1 Å². The number of aliphatic carboxylic acids is 1. The Morgan fingerprint density at radius 3 is 2.21 bits per heavy atom. The Bertz CT molecular complexity index is 758. The lowest BCUT2D eigenvalue weighted by Gasteiger charge is -2.27. The Hall–Kier alpha value is -2.62. The fraction of sp³-hybridized carbons (Fsp3) is 0.300. The summed E-state index contributed by atoms with van der Waals surface area (Å²) in [5.74, 6) is -2.32. The highest BCUT2D eigenvalue weighted by Crippen LogP contribution is 2.24. The molecule has 1 N–H and O–H groups in total. The minimum atomic E-state index is -1.43. The van der Waals surface area contributed by atoms with Crippen LogP contribution in [0, 0.1) is 0 Å². The van der Waals surface area contributed by atoms with E-state index >= 15 is 0 Å². The van der Waals surface area contributed by atoms with Crippen molar-refractivity contribution < 1.29 is 14.7 Å². The van der Waals surface area contributed by atoms with E-state index in [0.717, 1.165) is 42.3 Å². The minimum Gasteiger partial charge on any atom is -0.475 e. The third-order valence-electron chi connectivity index (χ3n) is 3.85. The van der Waals surface area contributed by atoms with Crippen LogP contribution in [0.4, 0.5) is 0 Å². The van der Waals surface area contributed by atoms with Gasteiger partial charge in [0.15, 0.2) is 0 Å². The largest absolute Gasteiger partial charge is 0.475 e. The van der Waals surface area contributed by atoms with Crippen LogP contribution in [-0.4, -0.2) is 34.8 Å². The number of ketones is 1. The number of benzene rings is 2. The molecule has 0 saturated heterocycles. The first-order valence-electron chi connectivity index (χ1n) is 8.29. The molecule has 2 aromatic carbocycles. The van der Waals surface area contributed by atoms with Crippen molar-refractivity contribution in [3.63, 3.8) is 0 Å². The molecule has 4 heteroatoms. The third kappa shape index (κ3) is 4.22. The Labute approximate surface area is 142 Å². The Balaban J connectivity index is 2.53. The second-order valence-corrected chi connectivity index (χ2v) is 5.75. The van der Waals surface area contributed by atoms with Gasteiger partial charge >= 0.3 is 5.97 Å². The molecular weight excluding hydrogens is 302 g/mol. The van der Waals surface area contributed by atoms with Gasteiger partial charge in [-0.3, -0.25) is 4.79 Å². The van der Waals surface area contributed by atoms with Crippen LogP contribution in [0.15, 0.2) is 48.5 Å². The molecule has 4 nitrogen and oxygen atoms in total. The van der Waals surface area contributed by atoms with Gasteiger partial charge < -0.3 is 10.0 Å². The maximum Gasteiger partial charge on any atom is 0.376 e. The number of hydrogen-bond acceptors (Lipinski definition) is 3. The molecule has 0 aromatic heterocycles. The van der Waals surface area contributed by atoms with Gasteiger partial charge in [0.05, 0.1) is 0 Å². The summed E-state index contributed by atoms with van der Waals surface area (Å²) >= 11 is 0. The van der Waals surface area contributed by atoms with E-state index in [9.17, 15) is 9.59 Å². The van der Waals surface area contributed by atoms with Crippen LogP contribution in [0.5, 0.6) is 0 Å². The fourth-order valence-corrected chi connectivity index (χ4v) is 2.78. The molecule has 24 heavy (non-hydrogen) atoms. The van der Waals surface area contributed by atoms with Gasteiger partial charge in [0, 0.05) is 24.9 Å². The molecular formula is C20H23NO3. The minimum absolute atomic E-state index is 0.678. The lowest BCUT2D eigenvalue weighted by atomic mass is 10.0. The van der Waals surface area contributed by atoms with Gasteiger partial charge in [-0.2, -0.15) is 0 Å². The quantitative estimate of drug-likeness (QED) is 0.589. The summed E-state index contributed by atoms with van der Waals surface area (Å²) in [4.78, 5) is 24.9. The lowest BCUT2D eigenvalue weighted by Crippen LogP contribution is -2.25. The summed E-state index contributed by atoms with van der Waals surface area (Å²) in [5.41, 5.74) is 1.54. The molecule has 0 unspecified atom stereocenters. The van der Waals surface area contributed by atoms with E-state index < -0.39 is 11.8 Å². The molecule has 0 aliphatic heterocycles. The molecule has 0 bridgehead atoms. The smallest absolute Gasteiger partial charge is 0.376 e. The fourth-order valence-electron chi connectivity index (χ4n) is 2.78. The van der Waals surface area contributed by atoms with Gasteiger partial charge in [-0.05, 0) is 35.2 Å². The van der Waals surface area contributed by atoms with Crippen molar-refractivity contribution in [1.82, 2.24) is 4.90 Å². The maximum absolute atomic E-state index is 11.8. The zero-order valence-electron chi connectivity index (χ0n) is 14.2. The first-order chi connectivity index (χ1) is 11.6. The first kappa shape index (κ1) is 17.7. The number of carboxylic acids is 1. The molecule has 2 rings (SSSR count). The van der Waals surface area contributed by atoms with E-state index in [-0.39, 0.29) is 0 Å². The van der Waals surface area contributed by atoms with Gasteiger partial charge in [0.25, 0.3) is 5.78 Å². The third-order valence-corrected chi connectivity index (χ3v) is 3.85. The van der Waals surface area contributed by atoms with Crippen molar-refractivity contribution in [3.05, 3.63) is 54.1 Å². The van der Waals surface area contributed by atoms with Gasteiger partial charge in [0.1, 0.15) is 0 Å². The normalized spacial score (nSPS) is 11.5. The second-order valence-electron chi connectivity index (χ2n) is 5.75. The number of carbonyl (C=O) groups is 2. The Morgan fingerprint density at radius 2 is 1.62 bits per heavy atom. The summed E-state index contributed by atoms with van der Waals surface area (Å²) < 4.78 is 0. The number of carboxylic acid groups (broad SMARTS) is 1. The summed E-state index contributed by atoms with van der Waals surface area (Å²) in [6.45, 7) is 5.69. The molecule has 126 valence electrons. The maximum atomic E-state index is 11.8. The van der Waals surface area contributed by atoms with Crippen LogP contribution in [-0.2, 0) is 9.59 Å². The predicted molar refractivity (Wildman–Crippen MR) is 96.7 cm³/mol. The van der Waals surface area contributed by atoms with E-state index in [0.29, 0.717) is 5.70 Å². The molecule has 0 heterocycles. The highest BCUT2D eigenvalue weighted by molar-refractivity contribution is 6.38. The van der Waals surface area contributed by atoms with Crippen LogP contribution in [0.3, 0.4) is 0 Å². The van der Waals surface area contributed by atoms with E-state index in [1.807, 2.05) is 42.5 Å². The molecule has 2 aromatic rings. The average Bonchev–Trinajstić information content (AvgIpc) is 2.59. The number of nitrogens with zero attached hydrogens (tertiary/aromatic N) is 1. The molecule has 0 aliphatic carbocycles. The van der Waals surface area contributed by atoms with Gasteiger partial charge in [-0.1, -0.05) is 50.2 Å². The highest BCUT2D eigenvalue weighted by Gasteiger charge is 2.16. The topological polar surface area (TPSA) is 57.6 Å². The summed E-state index contributed by atoms with van der Waals surface area (Å²) in [6.07, 6.45) is 3.09. The van der Waals surface area contributed by atoms with Crippen LogP contribution in [0.1, 0.15) is 32.3 Å². The van der Waals surface area contributed by atoms with Gasteiger partial charge in [-0.25, -0.2) is 4.79 Å². The molecule has 0 aliphatic rings. The zero-order valence-corrected chi connectivity index (χ0v) is 14.2. The number of carbonyl (C=O) groups excluding carboxylic acids is 1. The molecule has 0 saturated carbocycles. The Kier molecular flexibility index (Phi) is 6.13. The van der Waals surface area contributed by atoms with Crippen LogP contribution in [0.25, 0.3) is 16.5 Å². The van der Waals surface area contributed by atoms with Crippen LogP contribution >= 0.6 is 0 Å². The van der Waals surface area contributed by atoms with Crippen molar-refractivity contribution in [3.8, 4) is 0 Å². The van der Waals surface area contributed by atoms with Crippen molar-refractivity contribution in [2.45, 2.75) is 26.7 Å². The Morgan fingerprint density at radius 1 is 1.00 bits per heavy atom. The lowest BCUT2D eigenvalue weighted by molar-refractivity contribution is -0.146.